The van der Waals surface area contributed by atoms with Gasteiger partial charge in [-0.1, -0.05) is 12.0 Å². The van der Waals surface area contributed by atoms with Crippen molar-refractivity contribution in [2.45, 2.75) is 45.7 Å². The Morgan fingerprint density at radius 1 is 1.44 bits per heavy atom. The Kier molecular flexibility index (Phi) is 5.57. The molecular formula is C11H21N5O2. The molecule has 102 valence electrons. The highest BCUT2D eigenvalue weighted by Gasteiger charge is 2.14. The minimum absolute atomic E-state index is 0.0134. The third-order valence-electron chi connectivity index (χ3n) is 2.39. The van der Waals surface area contributed by atoms with Gasteiger partial charge in [-0.05, 0) is 26.8 Å². The van der Waals surface area contributed by atoms with Crippen LogP contribution in [0.15, 0.2) is 4.42 Å². The lowest BCUT2D eigenvalue weighted by Crippen LogP contribution is -2.24. The Labute approximate surface area is 107 Å². The number of hydrogen-bond donors (Lipinski definition) is 3. The molecule has 2 atom stereocenters. The van der Waals surface area contributed by atoms with Crippen molar-refractivity contribution in [2.24, 2.45) is 5.73 Å². The number of nitrogens with two attached hydrogens (primary N) is 1. The molecule has 0 aliphatic heterocycles. The number of carbonyl (C=O) groups is 1. The third kappa shape index (κ3) is 4.70. The number of hydrogen-bond acceptors (Lipinski definition) is 6. The topological polar surface area (TPSA) is 106 Å². The van der Waals surface area contributed by atoms with Gasteiger partial charge in [0.25, 0.3) is 0 Å². The van der Waals surface area contributed by atoms with Crippen molar-refractivity contribution in [3.8, 4) is 0 Å². The molecule has 1 aromatic heterocycles. The summed E-state index contributed by atoms with van der Waals surface area (Å²) in [6.45, 7) is 6.77. The van der Waals surface area contributed by atoms with Crippen molar-refractivity contribution in [3.05, 3.63) is 5.89 Å². The number of anilines is 1. The number of nitrogens with zero attached hydrogens (tertiary/aromatic N) is 2. The number of carbonyl (C=O) groups excluding carboxylic acids is 1. The molecule has 7 heteroatoms. The first-order valence-electron chi connectivity index (χ1n) is 6.14. The van der Waals surface area contributed by atoms with Gasteiger partial charge in [-0.25, -0.2) is 0 Å². The third-order valence-corrected chi connectivity index (χ3v) is 2.39. The quantitative estimate of drug-likeness (QED) is 0.634. The van der Waals surface area contributed by atoms with E-state index in [9.17, 15) is 4.79 Å². The van der Waals surface area contributed by atoms with E-state index in [4.69, 9.17) is 10.2 Å². The van der Waals surface area contributed by atoms with Crippen LogP contribution in [-0.4, -0.2) is 28.7 Å². The van der Waals surface area contributed by atoms with E-state index in [1.165, 1.54) is 0 Å². The van der Waals surface area contributed by atoms with E-state index < -0.39 is 0 Å². The summed E-state index contributed by atoms with van der Waals surface area (Å²) in [5, 5.41) is 14.0. The van der Waals surface area contributed by atoms with Crippen molar-refractivity contribution < 1.29 is 9.21 Å². The first kappa shape index (κ1) is 14.4. The molecule has 0 fully saturated rings. The molecule has 4 N–H and O–H groups in total. The van der Waals surface area contributed by atoms with Gasteiger partial charge in [-0.2, -0.15) is 0 Å². The molecule has 1 heterocycles. The summed E-state index contributed by atoms with van der Waals surface area (Å²) in [6, 6.07) is 0.193. The average molecular weight is 255 g/mol. The second-order valence-electron chi connectivity index (χ2n) is 4.34. The zero-order valence-corrected chi connectivity index (χ0v) is 11.1. The fraction of sp³-hybridized carbons (Fsp3) is 0.727. The van der Waals surface area contributed by atoms with Gasteiger partial charge in [0.15, 0.2) is 0 Å². The highest BCUT2D eigenvalue weighted by molar-refractivity contribution is 5.74. The van der Waals surface area contributed by atoms with Crippen LogP contribution in [0.5, 0.6) is 0 Å². The fourth-order valence-corrected chi connectivity index (χ4v) is 1.48. The molecule has 0 saturated carbocycles. The molecule has 0 saturated heterocycles. The van der Waals surface area contributed by atoms with Crippen LogP contribution in [0.3, 0.4) is 0 Å². The van der Waals surface area contributed by atoms with Crippen molar-refractivity contribution in [1.82, 2.24) is 15.5 Å². The molecular weight excluding hydrogens is 234 g/mol. The maximum atomic E-state index is 10.7. The normalized spacial score (nSPS) is 14.2. The maximum Gasteiger partial charge on any atom is 0.315 e. The molecule has 0 bridgehead atoms. The molecule has 18 heavy (non-hydrogen) atoms. The Hall–Kier alpha value is -1.63. The summed E-state index contributed by atoms with van der Waals surface area (Å²) in [5.41, 5.74) is 5.10. The fourth-order valence-electron chi connectivity index (χ4n) is 1.48. The lowest BCUT2D eigenvalue weighted by atomic mass is 10.2. The number of rotatable bonds is 8. The molecule has 1 amide bonds. The van der Waals surface area contributed by atoms with Crippen molar-refractivity contribution in [3.63, 3.8) is 0 Å². The predicted molar refractivity (Wildman–Crippen MR) is 67.9 cm³/mol. The Morgan fingerprint density at radius 3 is 2.78 bits per heavy atom. The molecule has 1 aromatic rings. The van der Waals surface area contributed by atoms with Crippen molar-refractivity contribution >= 4 is 11.9 Å². The van der Waals surface area contributed by atoms with Gasteiger partial charge in [0, 0.05) is 12.5 Å². The lowest BCUT2D eigenvalue weighted by molar-refractivity contribution is -0.118. The van der Waals surface area contributed by atoms with Crippen LogP contribution in [0.1, 0.15) is 45.5 Å². The Morgan fingerprint density at radius 2 is 2.17 bits per heavy atom. The molecule has 1 rings (SSSR count). The van der Waals surface area contributed by atoms with Crippen LogP contribution in [0.2, 0.25) is 0 Å². The molecule has 0 aliphatic rings. The number of amides is 1. The summed E-state index contributed by atoms with van der Waals surface area (Å²) in [4.78, 5) is 10.7. The first-order valence-corrected chi connectivity index (χ1v) is 6.14. The summed E-state index contributed by atoms with van der Waals surface area (Å²) >= 11 is 0. The van der Waals surface area contributed by atoms with E-state index >= 15 is 0 Å². The lowest BCUT2D eigenvalue weighted by Gasteiger charge is -2.09. The monoisotopic (exact) mass is 255 g/mol. The molecule has 0 spiro atoms. The van der Waals surface area contributed by atoms with Gasteiger partial charge in [-0.15, -0.1) is 5.10 Å². The van der Waals surface area contributed by atoms with Gasteiger partial charge in [0.05, 0.1) is 6.04 Å². The standard InChI is InChI=1S/C11H21N5O2/c1-4-5-13-8(3)10-15-16-11(18-10)14-7(2)6-9(12)17/h7-8,13H,4-6H2,1-3H3,(H2,12,17)(H,14,16). The zero-order valence-electron chi connectivity index (χ0n) is 11.1. The maximum absolute atomic E-state index is 10.7. The van der Waals surface area contributed by atoms with E-state index in [0.29, 0.717) is 11.9 Å². The van der Waals surface area contributed by atoms with Crippen LogP contribution >= 0.6 is 0 Å². The summed E-state index contributed by atoms with van der Waals surface area (Å²) in [5.74, 6) is 0.157. The Balaban J connectivity index is 2.49. The minimum atomic E-state index is -0.368. The zero-order chi connectivity index (χ0) is 13.5. The molecule has 2 unspecified atom stereocenters. The number of aromatic nitrogens is 2. The highest BCUT2D eigenvalue weighted by atomic mass is 16.4. The smallest absolute Gasteiger partial charge is 0.315 e. The second-order valence-corrected chi connectivity index (χ2v) is 4.34. The summed E-state index contributed by atoms with van der Waals surface area (Å²) in [7, 11) is 0. The first-order chi connectivity index (χ1) is 8.52. The molecule has 0 radical (unpaired) electrons. The van der Waals surface area contributed by atoms with Gasteiger partial charge < -0.3 is 20.8 Å². The van der Waals surface area contributed by atoms with Gasteiger partial charge >= 0.3 is 6.01 Å². The van der Waals surface area contributed by atoms with Crippen LogP contribution in [0, 0.1) is 0 Å². The van der Waals surface area contributed by atoms with Gasteiger partial charge in [0.1, 0.15) is 0 Å². The molecule has 0 aliphatic carbocycles. The van der Waals surface area contributed by atoms with Gasteiger partial charge in [0.2, 0.25) is 11.8 Å². The molecule has 0 aromatic carbocycles. The van der Waals surface area contributed by atoms with E-state index in [1.807, 2.05) is 13.8 Å². The van der Waals surface area contributed by atoms with Crippen molar-refractivity contribution in [1.29, 1.82) is 0 Å². The van der Waals surface area contributed by atoms with Crippen LogP contribution in [0.25, 0.3) is 0 Å². The summed E-state index contributed by atoms with van der Waals surface area (Å²) in [6.07, 6.45) is 1.26. The SMILES string of the molecule is CCCNC(C)c1nnc(NC(C)CC(N)=O)o1. The predicted octanol–water partition coefficient (Wildman–Crippen LogP) is 0.806. The summed E-state index contributed by atoms with van der Waals surface area (Å²) < 4.78 is 5.45. The average Bonchev–Trinajstić information content (AvgIpc) is 2.73. The minimum Gasteiger partial charge on any atom is -0.406 e. The second kappa shape index (κ2) is 6.95. The highest BCUT2D eigenvalue weighted by Crippen LogP contribution is 2.14. The number of nitrogens with one attached hydrogen (secondary N) is 2. The van der Waals surface area contributed by atoms with E-state index in [0.717, 1.165) is 13.0 Å². The largest absolute Gasteiger partial charge is 0.406 e. The van der Waals surface area contributed by atoms with E-state index in [-0.39, 0.29) is 24.4 Å². The van der Waals surface area contributed by atoms with Crippen LogP contribution in [0.4, 0.5) is 6.01 Å². The van der Waals surface area contributed by atoms with Crippen LogP contribution in [-0.2, 0) is 4.79 Å². The molecule has 7 nitrogen and oxygen atoms in total. The Bertz CT molecular complexity index is 379. The van der Waals surface area contributed by atoms with E-state index in [2.05, 4.69) is 27.8 Å². The van der Waals surface area contributed by atoms with Crippen LogP contribution < -0.4 is 16.4 Å². The van der Waals surface area contributed by atoms with E-state index in [1.54, 1.807) is 0 Å². The van der Waals surface area contributed by atoms with Crippen molar-refractivity contribution in [2.75, 3.05) is 11.9 Å². The van der Waals surface area contributed by atoms with Gasteiger partial charge in [-0.3, -0.25) is 4.79 Å². The number of primary amides is 1.